The molecule has 0 aliphatic heterocycles. The van der Waals surface area contributed by atoms with Crippen LogP contribution in [0.4, 0.5) is 5.69 Å². The molecule has 25 heteroatoms. The van der Waals surface area contributed by atoms with E-state index in [4.69, 9.17) is 46.5 Å². The Bertz CT molecular complexity index is 3500. The fraction of sp³-hybridized carbons (Fsp3) is 0.390. The molecule has 84 heavy (non-hydrogen) atoms. The van der Waals surface area contributed by atoms with Crippen molar-refractivity contribution in [3.8, 4) is 40.1 Å². The van der Waals surface area contributed by atoms with Crippen molar-refractivity contribution < 1.29 is 50.1 Å². The van der Waals surface area contributed by atoms with E-state index in [1.165, 1.54) is 40.9 Å². The van der Waals surface area contributed by atoms with Crippen molar-refractivity contribution in [2.24, 2.45) is 5.84 Å². The largest absolute Gasteiger partial charge is 0.494 e. The van der Waals surface area contributed by atoms with Gasteiger partial charge in [-0.2, -0.15) is 0 Å². The van der Waals surface area contributed by atoms with Crippen LogP contribution in [0.3, 0.4) is 0 Å². The minimum atomic E-state index is -3.93. The van der Waals surface area contributed by atoms with Crippen LogP contribution in [0.25, 0.3) is 17.1 Å². The average molecular weight is 1210 g/mol. The number of nitrogens with one attached hydrogen (secondary N) is 3. The van der Waals surface area contributed by atoms with Crippen LogP contribution in [0.5, 0.6) is 23.0 Å². The summed E-state index contributed by atoms with van der Waals surface area (Å²) in [7, 11) is 1.12. The Labute approximate surface area is 498 Å². The first kappa shape index (κ1) is 67.1. The van der Waals surface area contributed by atoms with Crippen molar-refractivity contribution in [2.45, 2.75) is 109 Å². The summed E-state index contributed by atoms with van der Waals surface area (Å²) < 4.78 is 90.3. The Morgan fingerprint density at radius 2 is 1.04 bits per heavy atom. The summed E-state index contributed by atoms with van der Waals surface area (Å²) in [6.45, 7) is 19.6. The number of methoxy groups -OCH3 is 6. The van der Waals surface area contributed by atoms with E-state index in [1.54, 1.807) is 99.0 Å². The third kappa shape index (κ3) is 17.0. The number of anilines is 1. The minimum Gasteiger partial charge on any atom is -0.494 e. The van der Waals surface area contributed by atoms with Gasteiger partial charge in [0.1, 0.15) is 57.6 Å². The van der Waals surface area contributed by atoms with E-state index >= 15 is 0 Å². The van der Waals surface area contributed by atoms with E-state index < -0.39 is 48.3 Å². The third-order valence-electron chi connectivity index (χ3n) is 13.3. The zero-order valence-corrected chi connectivity index (χ0v) is 52.8. The molecule has 1 amide bonds. The molecule has 22 nitrogen and oxygen atoms in total. The molecule has 0 fully saturated rings. The second-order valence-electron chi connectivity index (χ2n) is 21.3. The summed E-state index contributed by atoms with van der Waals surface area (Å²) in [5.74, 6) is 7.41. The van der Waals surface area contributed by atoms with Crippen LogP contribution in [0.2, 0.25) is 0 Å². The number of ether oxygens (including phenoxy) is 6. The van der Waals surface area contributed by atoms with Gasteiger partial charge in [0.2, 0.25) is 10.0 Å². The number of hydrazine groups is 1. The molecule has 3 heterocycles. The Kier molecular flexibility index (Phi) is 23.3. The number of aryl methyl sites for hydroxylation is 2. The van der Waals surface area contributed by atoms with Crippen molar-refractivity contribution in [1.82, 2.24) is 44.8 Å². The number of aromatic nitrogens is 7. The average Bonchev–Trinajstić information content (AvgIpc) is 2.81. The smallest absolute Gasteiger partial charge is 0.265 e. The van der Waals surface area contributed by atoms with Crippen molar-refractivity contribution >= 4 is 48.8 Å². The molecule has 0 saturated carbocycles. The number of hydrogen-bond acceptors (Lipinski definition) is 19. The van der Waals surface area contributed by atoms with Gasteiger partial charge in [0.05, 0.1) is 33.7 Å². The molecule has 5 N–H and O–H groups in total. The number of hydrogen-bond donors (Lipinski definition) is 4. The third-order valence-corrected chi connectivity index (χ3v) is 17.4. The lowest BCUT2D eigenvalue weighted by Gasteiger charge is -2.23. The second kappa shape index (κ2) is 29.2. The lowest BCUT2D eigenvalue weighted by molar-refractivity contribution is 0.0946. The van der Waals surface area contributed by atoms with Gasteiger partial charge < -0.3 is 33.7 Å². The molecule has 0 aliphatic rings. The number of amides is 1. The fourth-order valence-corrected chi connectivity index (χ4v) is 11.2. The predicted molar refractivity (Wildman–Crippen MR) is 328 cm³/mol. The van der Waals surface area contributed by atoms with Gasteiger partial charge in [-0.25, -0.2) is 42.6 Å². The van der Waals surface area contributed by atoms with Crippen LogP contribution in [-0.4, -0.2) is 116 Å². The van der Waals surface area contributed by atoms with Gasteiger partial charge in [0, 0.05) is 50.1 Å². The summed E-state index contributed by atoms with van der Waals surface area (Å²) in [4.78, 5) is 28.1. The standard InChI is InChI=1S/C30H37N5O5S.C18H24N4O5S2.C11H16N2O/c1-19-16-31-28(32-17-19)27(40-8)20(2)41(36,37)18-25-33-34-29(21-12-14-22(15-13-21)30(3,4)5)35(25)26-23(38-6)10-9-11-24(26)39-7;1-11-9-19-17(20-10-11)16(27-5)12(2)29(23,24)22-18(28)21-15-13(25-3)7-6-8-14(15)26-4;1-11(2,3)9-6-4-8(5-7-9)10(14)13-12/h9-17,20,27H,18H2,1-8H3;6-10,12,16H,1-5H3,(H2,21,22,28);4-7H,12H2,1-3H3,(H,13,14)/t20-,27-;12-,16-;/m00./s1. The lowest BCUT2D eigenvalue weighted by atomic mass is 9.86. The highest BCUT2D eigenvalue weighted by Gasteiger charge is 2.36. The topological polar surface area (TPSA) is 285 Å². The van der Waals surface area contributed by atoms with E-state index in [0.29, 0.717) is 51.6 Å². The van der Waals surface area contributed by atoms with E-state index in [0.717, 1.165) is 22.3 Å². The molecule has 7 aromatic rings. The first-order valence-electron chi connectivity index (χ1n) is 26.3. The highest BCUT2D eigenvalue weighted by molar-refractivity contribution is 7.92. The summed E-state index contributed by atoms with van der Waals surface area (Å²) in [6.07, 6.45) is 4.71. The number of nitrogen functional groups attached to an aromatic ring is 1. The molecule has 0 unspecified atom stereocenters. The Morgan fingerprint density at radius 1 is 0.619 bits per heavy atom. The number of thiocarbonyl (C=S) groups is 1. The Hall–Kier alpha value is -7.68. The van der Waals surface area contributed by atoms with Crippen molar-refractivity contribution in [2.75, 3.05) is 48.0 Å². The summed E-state index contributed by atoms with van der Waals surface area (Å²) >= 11 is 5.19. The van der Waals surface area contributed by atoms with E-state index in [-0.39, 0.29) is 33.5 Å². The molecule has 0 bridgehead atoms. The van der Waals surface area contributed by atoms with Crippen LogP contribution in [-0.2, 0) is 45.9 Å². The van der Waals surface area contributed by atoms with Gasteiger partial charge in [-0.3, -0.25) is 19.5 Å². The number of benzene rings is 4. The van der Waals surface area contributed by atoms with Crippen molar-refractivity contribution in [3.05, 3.63) is 155 Å². The Balaban J connectivity index is 0.000000259. The molecule has 3 aromatic heterocycles. The fourth-order valence-electron chi connectivity index (χ4n) is 8.32. The summed E-state index contributed by atoms with van der Waals surface area (Å²) in [5.41, 5.74) is 8.50. The predicted octanol–water partition coefficient (Wildman–Crippen LogP) is 8.82. The van der Waals surface area contributed by atoms with Gasteiger partial charge in [0.25, 0.3) is 5.91 Å². The molecular weight excluding hydrogens is 1130 g/mol. The van der Waals surface area contributed by atoms with E-state index in [1.807, 2.05) is 50.2 Å². The molecule has 4 atom stereocenters. The molecule has 7 rings (SSSR count). The molecule has 0 saturated heterocycles. The van der Waals surface area contributed by atoms with Crippen LogP contribution in [0.15, 0.2) is 110 Å². The molecule has 0 aliphatic carbocycles. The SMILES string of the molecule is CC(C)(C)c1ccc(C(=O)NN)cc1.COc1cccc(OC)c1-n1c(CS(=O)(=O)[C@@H](C)[C@H](OC)c2ncc(C)cn2)nnc1-c1ccc(C(C)(C)C)cc1.COc1cccc(OC)c1NC(=S)NS(=O)(=O)[C@@H](C)[C@H](OC)c1ncc(C)cn1. The molecule has 452 valence electrons. The van der Waals surface area contributed by atoms with Crippen molar-refractivity contribution in [3.63, 3.8) is 0 Å². The number of sulfone groups is 1. The first-order chi connectivity index (χ1) is 39.6. The monoisotopic (exact) mass is 1210 g/mol. The number of nitrogens with two attached hydrogens (primary N) is 1. The highest BCUT2D eigenvalue weighted by atomic mass is 32.2. The van der Waals surface area contributed by atoms with Gasteiger partial charge >= 0.3 is 0 Å². The summed E-state index contributed by atoms with van der Waals surface area (Å²) in [5, 5.41) is 9.52. The highest BCUT2D eigenvalue weighted by Crippen LogP contribution is 2.39. The number of sulfonamides is 1. The van der Waals surface area contributed by atoms with Gasteiger partial charge in [0.15, 0.2) is 38.2 Å². The minimum absolute atomic E-state index is 0.0352. The number of carbonyl (C=O) groups excluding carboxylic acids is 1. The number of para-hydroxylation sites is 2. The lowest BCUT2D eigenvalue weighted by Crippen LogP contribution is -2.42. The van der Waals surface area contributed by atoms with Crippen LogP contribution < -0.4 is 40.3 Å². The van der Waals surface area contributed by atoms with Gasteiger partial charge in [-0.1, -0.05) is 90.1 Å². The zero-order chi connectivity index (χ0) is 62.3. The van der Waals surface area contributed by atoms with Crippen molar-refractivity contribution in [1.29, 1.82) is 0 Å². The van der Waals surface area contributed by atoms with Crippen LogP contribution in [0, 0.1) is 13.8 Å². The van der Waals surface area contributed by atoms with E-state index in [2.05, 4.69) is 87.1 Å². The van der Waals surface area contributed by atoms with Crippen LogP contribution in [0.1, 0.15) is 118 Å². The number of rotatable bonds is 19. The zero-order valence-electron chi connectivity index (χ0n) is 50.3. The molecule has 4 aromatic carbocycles. The first-order valence-corrected chi connectivity index (χ1v) is 30.0. The maximum atomic E-state index is 13.9. The molecular formula is C59H77N11O11S3. The Morgan fingerprint density at radius 3 is 1.44 bits per heavy atom. The normalized spacial score (nSPS) is 13.1. The molecule has 0 radical (unpaired) electrons. The van der Waals surface area contributed by atoms with E-state index in [9.17, 15) is 21.6 Å². The van der Waals surface area contributed by atoms with Gasteiger partial charge in [-0.05, 0) is 109 Å². The van der Waals surface area contributed by atoms with Gasteiger partial charge in [-0.15, -0.1) is 10.2 Å². The quantitative estimate of drug-likeness (QED) is 0.0254. The second-order valence-corrected chi connectivity index (χ2v) is 26.1. The number of carbonyl (C=O) groups is 1. The maximum Gasteiger partial charge on any atom is 0.265 e. The maximum absolute atomic E-state index is 13.9. The number of nitrogens with zero attached hydrogens (tertiary/aromatic N) is 7. The van der Waals surface area contributed by atoms with Crippen LogP contribution >= 0.6 is 12.2 Å². The molecule has 0 spiro atoms. The summed E-state index contributed by atoms with van der Waals surface area (Å²) in [6, 6.07) is 25.9.